The van der Waals surface area contributed by atoms with Gasteiger partial charge in [0.05, 0.1) is 6.33 Å². The van der Waals surface area contributed by atoms with E-state index in [1.807, 2.05) is 60.0 Å². The molecule has 0 aliphatic rings. The summed E-state index contributed by atoms with van der Waals surface area (Å²) in [4.78, 5) is 16.4. The van der Waals surface area contributed by atoms with E-state index in [1.165, 1.54) is 0 Å². The lowest BCUT2D eigenvalue weighted by Crippen LogP contribution is -2.12. The van der Waals surface area contributed by atoms with E-state index in [0.29, 0.717) is 12.2 Å². The molecule has 23 heavy (non-hydrogen) atoms. The maximum Gasteiger partial charge on any atom is 0.275 e. The van der Waals surface area contributed by atoms with E-state index >= 15 is 0 Å². The number of hydrogen-bond donors (Lipinski definition) is 2. The number of anilines is 2. The summed E-state index contributed by atoms with van der Waals surface area (Å²) < 4.78 is 1.87. The highest BCUT2D eigenvalue weighted by molar-refractivity contribution is 6.02. The Morgan fingerprint density at radius 2 is 2.00 bits per heavy atom. The van der Waals surface area contributed by atoms with Crippen molar-refractivity contribution >= 4 is 17.3 Å². The zero-order valence-corrected chi connectivity index (χ0v) is 12.9. The van der Waals surface area contributed by atoms with Crippen molar-refractivity contribution in [2.75, 3.05) is 11.1 Å². The largest absolute Gasteiger partial charge is 0.399 e. The molecule has 0 radical (unpaired) electrons. The SMILES string of the molecule is Cc1cccc(NC(=O)c2cn(Cc3ccc(N)cc3)cn2)c1. The highest BCUT2D eigenvalue weighted by atomic mass is 16.1. The Labute approximate surface area is 134 Å². The minimum Gasteiger partial charge on any atom is -0.399 e. The summed E-state index contributed by atoms with van der Waals surface area (Å²) in [6.07, 6.45) is 3.39. The minimum atomic E-state index is -0.216. The number of carbonyl (C=O) groups is 1. The summed E-state index contributed by atoms with van der Waals surface area (Å²) in [6.45, 7) is 2.63. The third-order valence-corrected chi connectivity index (χ3v) is 3.49. The van der Waals surface area contributed by atoms with E-state index in [1.54, 1.807) is 12.5 Å². The first-order valence-corrected chi connectivity index (χ1v) is 7.34. The summed E-state index contributed by atoms with van der Waals surface area (Å²) in [5.41, 5.74) is 9.76. The lowest BCUT2D eigenvalue weighted by Gasteiger charge is -2.04. The van der Waals surface area contributed by atoms with Gasteiger partial charge in [-0.15, -0.1) is 0 Å². The molecule has 0 aliphatic carbocycles. The van der Waals surface area contributed by atoms with Gasteiger partial charge in [0, 0.05) is 24.1 Å². The standard InChI is InChI=1S/C18H18N4O/c1-13-3-2-4-16(9-13)21-18(23)17-11-22(12-20-17)10-14-5-7-15(19)8-6-14/h2-9,11-12H,10,19H2,1H3,(H,21,23). The van der Waals surface area contributed by atoms with Crippen LogP contribution in [-0.4, -0.2) is 15.5 Å². The number of nitrogens with two attached hydrogens (primary N) is 1. The van der Waals surface area contributed by atoms with Crippen LogP contribution in [0.5, 0.6) is 0 Å². The third-order valence-electron chi connectivity index (χ3n) is 3.49. The number of nitrogens with one attached hydrogen (secondary N) is 1. The van der Waals surface area contributed by atoms with E-state index in [2.05, 4.69) is 10.3 Å². The quantitative estimate of drug-likeness (QED) is 0.728. The third kappa shape index (κ3) is 3.77. The first-order chi connectivity index (χ1) is 11.1. The molecule has 3 aromatic rings. The Hall–Kier alpha value is -3.08. The molecule has 0 saturated carbocycles. The Bertz CT molecular complexity index is 821. The first kappa shape index (κ1) is 14.8. The summed E-state index contributed by atoms with van der Waals surface area (Å²) >= 11 is 0. The molecule has 0 bridgehead atoms. The zero-order chi connectivity index (χ0) is 16.2. The second-order valence-corrected chi connectivity index (χ2v) is 5.50. The van der Waals surface area contributed by atoms with Crippen molar-refractivity contribution in [1.29, 1.82) is 0 Å². The predicted octanol–water partition coefficient (Wildman–Crippen LogP) is 3.07. The van der Waals surface area contributed by atoms with Crippen molar-refractivity contribution in [1.82, 2.24) is 9.55 Å². The Kier molecular flexibility index (Phi) is 4.10. The van der Waals surface area contributed by atoms with Gasteiger partial charge in [-0.1, -0.05) is 24.3 Å². The normalized spacial score (nSPS) is 10.5. The number of amides is 1. The van der Waals surface area contributed by atoms with Gasteiger partial charge in [0.1, 0.15) is 5.69 Å². The number of nitrogen functional groups attached to an aromatic ring is 1. The monoisotopic (exact) mass is 306 g/mol. The topological polar surface area (TPSA) is 72.9 Å². The van der Waals surface area contributed by atoms with Crippen molar-refractivity contribution in [2.45, 2.75) is 13.5 Å². The van der Waals surface area contributed by atoms with Crippen LogP contribution in [0, 0.1) is 6.92 Å². The molecule has 0 saturated heterocycles. The molecule has 0 fully saturated rings. The number of hydrogen-bond acceptors (Lipinski definition) is 3. The second kappa shape index (κ2) is 6.36. The van der Waals surface area contributed by atoms with Crippen molar-refractivity contribution < 1.29 is 4.79 Å². The molecule has 0 unspecified atom stereocenters. The lowest BCUT2D eigenvalue weighted by molar-refractivity contribution is 0.102. The fraction of sp³-hybridized carbons (Fsp3) is 0.111. The van der Waals surface area contributed by atoms with Gasteiger partial charge >= 0.3 is 0 Å². The van der Waals surface area contributed by atoms with Crippen LogP contribution in [0.2, 0.25) is 0 Å². The molecule has 0 aliphatic heterocycles. The Morgan fingerprint density at radius 3 is 2.74 bits per heavy atom. The fourth-order valence-corrected chi connectivity index (χ4v) is 2.32. The summed E-state index contributed by atoms with van der Waals surface area (Å²) in [7, 11) is 0. The Morgan fingerprint density at radius 1 is 1.22 bits per heavy atom. The van der Waals surface area contributed by atoms with E-state index in [4.69, 9.17) is 5.73 Å². The molecule has 1 aromatic heterocycles. The van der Waals surface area contributed by atoms with Gasteiger partial charge in [0.15, 0.2) is 0 Å². The molecule has 5 nitrogen and oxygen atoms in total. The van der Waals surface area contributed by atoms with Crippen LogP contribution in [0.25, 0.3) is 0 Å². The van der Waals surface area contributed by atoms with Crippen LogP contribution < -0.4 is 11.1 Å². The van der Waals surface area contributed by atoms with Gasteiger partial charge < -0.3 is 15.6 Å². The van der Waals surface area contributed by atoms with Gasteiger partial charge in [0.25, 0.3) is 5.91 Å². The van der Waals surface area contributed by atoms with Gasteiger partial charge in [-0.25, -0.2) is 4.98 Å². The number of carbonyl (C=O) groups excluding carboxylic acids is 1. The summed E-state index contributed by atoms with van der Waals surface area (Å²) in [5, 5.41) is 2.85. The molecule has 0 atom stereocenters. The van der Waals surface area contributed by atoms with Gasteiger partial charge in [0.2, 0.25) is 0 Å². The van der Waals surface area contributed by atoms with Crippen LogP contribution in [0.1, 0.15) is 21.6 Å². The number of aromatic nitrogens is 2. The van der Waals surface area contributed by atoms with E-state index in [-0.39, 0.29) is 5.91 Å². The molecular weight excluding hydrogens is 288 g/mol. The molecular formula is C18H18N4O. The van der Waals surface area contributed by atoms with Gasteiger partial charge in [-0.2, -0.15) is 0 Å². The van der Waals surface area contributed by atoms with Crippen molar-refractivity contribution in [3.63, 3.8) is 0 Å². The molecule has 0 spiro atoms. The van der Waals surface area contributed by atoms with Crippen LogP contribution >= 0.6 is 0 Å². The lowest BCUT2D eigenvalue weighted by atomic mass is 10.2. The van der Waals surface area contributed by atoms with Crippen molar-refractivity contribution in [3.05, 3.63) is 77.9 Å². The molecule has 3 rings (SSSR count). The van der Waals surface area contributed by atoms with E-state index in [0.717, 1.165) is 22.5 Å². The van der Waals surface area contributed by atoms with Crippen molar-refractivity contribution in [2.24, 2.45) is 0 Å². The van der Waals surface area contributed by atoms with Crippen LogP contribution in [0.4, 0.5) is 11.4 Å². The van der Waals surface area contributed by atoms with Crippen LogP contribution in [0.3, 0.4) is 0 Å². The maximum atomic E-state index is 12.2. The van der Waals surface area contributed by atoms with E-state index < -0.39 is 0 Å². The number of nitrogens with zero attached hydrogens (tertiary/aromatic N) is 2. The highest BCUT2D eigenvalue weighted by Gasteiger charge is 2.10. The average molecular weight is 306 g/mol. The number of benzene rings is 2. The first-order valence-electron chi connectivity index (χ1n) is 7.34. The molecule has 1 amide bonds. The molecule has 3 N–H and O–H groups in total. The summed E-state index contributed by atoms with van der Waals surface area (Å²) in [6, 6.07) is 15.3. The van der Waals surface area contributed by atoms with Crippen LogP contribution in [-0.2, 0) is 6.54 Å². The molecule has 5 heteroatoms. The molecule has 116 valence electrons. The number of imidazole rings is 1. The average Bonchev–Trinajstić information content (AvgIpc) is 2.98. The van der Waals surface area contributed by atoms with Crippen molar-refractivity contribution in [3.8, 4) is 0 Å². The van der Waals surface area contributed by atoms with Gasteiger partial charge in [-0.3, -0.25) is 4.79 Å². The number of aryl methyl sites for hydroxylation is 1. The molecule has 1 heterocycles. The van der Waals surface area contributed by atoms with Crippen LogP contribution in [0.15, 0.2) is 61.1 Å². The number of rotatable bonds is 4. The minimum absolute atomic E-state index is 0.216. The zero-order valence-electron chi connectivity index (χ0n) is 12.9. The van der Waals surface area contributed by atoms with E-state index in [9.17, 15) is 4.79 Å². The highest BCUT2D eigenvalue weighted by Crippen LogP contribution is 2.12. The Balaban J connectivity index is 1.68. The fourth-order valence-electron chi connectivity index (χ4n) is 2.32. The smallest absolute Gasteiger partial charge is 0.275 e. The van der Waals surface area contributed by atoms with Gasteiger partial charge in [-0.05, 0) is 42.3 Å². The second-order valence-electron chi connectivity index (χ2n) is 5.50. The molecule has 2 aromatic carbocycles. The maximum absolute atomic E-state index is 12.2. The predicted molar refractivity (Wildman–Crippen MR) is 91.3 cm³/mol. The summed E-state index contributed by atoms with van der Waals surface area (Å²) in [5.74, 6) is -0.216.